The summed E-state index contributed by atoms with van der Waals surface area (Å²) in [4.78, 5) is 10.7. The zero-order valence-corrected chi connectivity index (χ0v) is 10.6. The molecule has 0 amide bonds. The number of thiophene rings is 1. The predicted molar refractivity (Wildman–Crippen MR) is 70.9 cm³/mol. The lowest BCUT2D eigenvalue weighted by Gasteiger charge is -2.13. The van der Waals surface area contributed by atoms with Crippen LogP contribution in [0.15, 0.2) is 24.5 Å². The summed E-state index contributed by atoms with van der Waals surface area (Å²) < 4.78 is 0. The minimum Gasteiger partial charge on any atom is -0.363 e. The second-order valence-corrected chi connectivity index (χ2v) is 5.07. The molecule has 2 aromatic rings. The van der Waals surface area contributed by atoms with Crippen molar-refractivity contribution in [2.45, 2.75) is 19.9 Å². The Labute approximate surface area is 104 Å². The van der Waals surface area contributed by atoms with Gasteiger partial charge in [-0.1, -0.05) is 0 Å². The summed E-state index contributed by atoms with van der Waals surface area (Å²) in [6, 6.07) is 6.23. The van der Waals surface area contributed by atoms with E-state index < -0.39 is 0 Å². The standard InChI is InChI=1S/C11H15N5S/c1-7-3-4-9(17-7)8(2)15-10-5-11(16-12)14-6-13-10/h3-6,8H,12H2,1-2H3,(H2,13,14,15,16). The number of aryl methyl sites for hydroxylation is 1. The van der Waals surface area contributed by atoms with Crippen molar-refractivity contribution in [3.63, 3.8) is 0 Å². The van der Waals surface area contributed by atoms with Crippen molar-refractivity contribution >= 4 is 23.0 Å². The molecule has 0 saturated heterocycles. The third kappa shape index (κ3) is 2.92. The minimum atomic E-state index is 0.217. The van der Waals surface area contributed by atoms with E-state index in [4.69, 9.17) is 5.84 Å². The Hall–Kier alpha value is -1.66. The van der Waals surface area contributed by atoms with Crippen molar-refractivity contribution in [1.82, 2.24) is 9.97 Å². The number of anilines is 2. The smallest absolute Gasteiger partial charge is 0.145 e. The molecule has 1 atom stereocenters. The zero-order chi connectivity index (χ0) is 12.3. The highest BCUT2D eigenvalue weighted by Crippen LogP contribution is 2.25. The van der Waals surface area contributed by atoms with Gasteiger partial charge in [0.1, 0.15) is 18.0 Å². The minimum absolute atomic E-state index is 0.217. The van der Waals surface area contributed by atoms with E-state index in [0.29, 0.717) is 5.82 Å². The van der Waals surface area contributed by atoms with Gasteiger partial charge in [0.05, 0.1) is 6.04 Å². The maximum absolute atomic E-state index is 5.30. The second-order valence-electron chi connectivity index (χ2n) is 3.75. The molecule has 0 aliphatic heterocycles. The molecule has 0 aliphatic rings. The third-order valence-corrected chi connectivity index (χ3v) is 3.55. The molecule has 2 heterocycles. The Morgan fingerprint density at radius 2 is 2.06 bits per heavy atom. The van der Waals surface area contributed by atoms with Gasteiger partial charge in [0.25, 0.3) is 0 Å². The van der Waals surface area contributed by atoms with Crippen LogP contribution in [0.3, 0.4) is 0 Å². The molecular formula is C11H15N5S. The van der Waals surface area contributed by atoms with Crippen molar-refractivity contribution in [2.75, 3.05) is 10.7 Å². The molecule has 0 aliphatic carbocycles. The van der Waals surface area contributed by atoms with E-state index in [9.17, 15) is 0 Å². The van der Waals surface area contributed by atoms with Crippen molar-refractivity contribution in [2.24, 2.45) is 5.84 Å². The summed E-state index contributed by atoms with van der Waals surface area (Å²) in [5.41, 5.74) is 2.50. The highest BCUT2D eigenvalue weighted by atomic mass is 32.1. The number of hydrogen-bond acceptors (Lipinski definition) is 6. The van der Waals surface area contributed by atoms with Crippen molar-refractivity contribution in [3.8, 4) is 0 Å². The fraction of sp³-hybridized carbons (Fsp3) is 0.273. The van der Waals surface area contributed by atoms with E-state index in [1.165, 1.54) is 16.1 Å². The van der Waals surface area contributed by atoms with Crippen LogP contribution < -0.4 is 16.6 Å². The van der Waals surface area contributed by atoms with Crippen molar-refractivity contribution < 1.29 is 0 Å². The number of hydrogen-bond donors (Lipinski definition) is 3. The van der Waals surface area contributed by atoms with E-state index in [1.807, 2.05) is 0 Å². The highest BCUT2D eigenvalue weighted by molar-refractivity contribution is 7.12. The van der Waals surface area contributed by atoms with Gasteiger partial charge < -0.3 is 10.7 Å². The van der Waals surface area contributed by atoms with Crippen LogP contribution in [0.4, 0.5) is 11.6 Å². The molecule has 0 bridgehead atoms. The number of nitrogen functional groups attached to an aromatic ring is 1. The highest BCUT2D eigenvalue weighted by Gasteiger charge is 2.08. The van der Waals surface area contributed by atoms with E-state index in [0.717, 1.165) is 5.82 Å². The topological polar surface area (TPSA) is 75.9 Å². The van der Waals surface area contributed by atoms with Crippen LogP contribution in [0, 0.1) is 6.92 Å². The molecule has 0 radical (unpaired) electrons. The third-order valence-electron chi connectivity index (χ3n) is 2.37. The van der Waals surface area contributed by atoms with Gasteiger partial charge in [0, 0.05) is 15.8 Å². The molecule has 1 unspecified atom stereocenters. The quantitative estimate of drug-likeness (QED) is 0.572. The molecule has 17 heavy (non-hydrogen) atoms. The molecule has 0 fully saturated rings. The molecule has 2 aromatic heterocycles. The van der Waals surface area contributed by atoms with Crippen LogP contribution >= 0.6 is 11.3 Å². The summed E-state index contributed by atoms with van der Waals surface area (Å²) >= 11 is 1.78. The first-order valence-electron chi connectivity index (χ1n) is 5.30. The first kappa shape index (κ1) is 11.8. The van der Waals surface area contributed by atoms with Crippen LogP contribution in [0.25, 0.3) is 0 Å². The number of nitrogens with zero attached hydrogens (tertiary/aromatic N) is 2. The van der Waals surface area contributed by atoms with Crippen LogP contribution in [0.2, 0.25) is 0 Å². The molecule has 2 rings (SSSR count). The van der Waals surface area contributed by atoms with E-state index >= 15 is 0 Å². The van der Waals surface area contributed by atoms with Crippen molar-refractivity contribution in [3.05, 3.63) is 34.3 Å². The van der Waals surface area contributed by atoms with Gasteiger partial charge in [-0.2, -0.15) is 0 Å². The SMILES string of the molecule is Cc1ccc(C(C)Nc2cc(NN)ncn2)s1. The number of rotatable bonds is 4. The van der Waals surface area contributed by atoms with Crippen molar-refractivity contribution in [1.29, 1.82) is 0 Å². The van der Waals surface area contributed by atoms with Gasteiger partial charge in [-0.15, -0.1) is 11.3 Å². The number of aromatic nitrogens is 2. The summed E-state index contributed by atoms with van der Waals surface area (Å²) in [6.07, 6.45) is 1.48. The summed E-state index contributed by atoms with van der Waals surface area (Å²) in [5.74, 6) is 6.65. The first-order chi connectivity index (χ1) is 8.19. The Bertz CT molecular complexity index is 496. The molecular weight excluding hydrogens is 234 g/mol. The van der Waals surface area contributed by atoms with Gasteiger partial charge in [-0.05, 0) is 26.0 Å². The largest absolute Gasteiger partial charge is 0.363 e. The Morgan fingerprint density at radius 1 is 1.29 bits per heavy atom. The summed E-state index contributed by atoms with van der Waals surface area (Å²) in [7, 11) is 0. The van der Waals surface area contributed by atoms with E-state index in [2.05, 4.69) is 46.7 Å². The van der Waals surface area contributed by atoms with Gasteiger partial charge in [-0.25, -0.2) is 15.8 Å². The number of nitrogens with one attached hydrogen (secondary N) is 2. The van der Waals surface area contributed by atoms with Crippen LogP contribution in [-0.2, 0) is 0 Å². The molecule has 6 heteroatoms. The Kier molecular flexibility index (Phi) is 3.55. The Balaban J connectivity index is 2.09. The predicted octanol–water partition coefficient (Wildman–Crippen LogP) is 2.31. The van der Waals surface area contributed by atoms with Gasteiger partial charge >= 0.3 is 0 Å². The maximum Gasteiger partial charge on any atom is 0.145 e. The normalized spacial score (nSPS) is 12.2. The Morgan fingerprint density at radius 3 is 2.71 bits per heavy atom. The fourth-order valence-corrected chi connectivity index (χ4v) is 2.37. The van der Waals surface area contributed by atoms with Crippen LogP contribution in [-0.4, -0.2) is 9.97 Å². The van der Waals surface area contributed by atoms with Gasteiger partial charge in [-0.3, -0.25) is 0 Å². The molecule has 0 aromatic carbocycles. The van der Waals surface area contributed by atoms with E-state index in [-0.39, 0.29) is 6.04 Å². The van der Waals surface area contributed by atoms with E-state index in [1.54, 1.807) is 17.4 Å². The molecule has 0 spiro atoms. The van der Waals surface area contributed by atoms with Crippen LogP contribution in [0.5, 0.6) is 0 Å². The summed E-state index contributed by atoms with van der Waals surface area (Å²) in [5, 5.41) is 3.31. The van der Waals surface area contributed by atoms with Gasteiger partial charge in [0.15, 0.2) is 0 Å². The molecule has 5 nitrogen and oxygen atoms in total. The average molecular weight is 249 g/mol. The summed E-state index contributed by atoms with van der Waals surface area (Å²) in [6.45, 7) is 4.20. The first-order valence-corrected chi connectivity index (χ1v) is 6.12. The number of nitrogens with two attached hydrogens (primary N) is 1. The second kappa shape index (κ2) is 5.11. The average Bonchev–Trinajstić information content (AvgIpc) is 2.76. The lowest BCUT2D eigenvalue weighted by Crippen LogP contribution is -2.11. The molecule has 90 valence electrons. The van der Waals surface area contributed by atoms with Gasteiger partial charge in [0.2, 0.25) is 0 Å². The lowest BCUT2D eigenvalue weighted by molar-refractivity contribution is 0.893. The lowest BCUT2D eigenvalue weighted by atomic mass is 10.2. The van der Waals surface area contributed by atoms with Crippen LogP contribution in [0.1, 0.15) is 22.7 Å². The monoisotopic (exact) mass is 249 g/mol. The maximum atomic E-state index is 5.30. The fourth-order valence-electron chi connectivity index (χ4n) is 1.49. The zero-order valence-electron chi connectivity index (χ0n) is 9.77. The number of hydrazine groups is 1. The molecule has 0 saturated carbocycles. The molecule has 4 N–H and O–H groups in total.